The number of aromatic hydroxyl groups is 1. The lowest BCUT2D eigenvalue weighted by Gasteiger charge is -1.98. The van der Waals surface area contributed by atoms with E-state index in [1.165, 1.54) is 30.6 Å². The van der Waals surface area contributed by atoms with Gasteiger partial charge in [-0.3, -0.25) is 9.98 Å². The highest BCUT2D eigenvalue weighted by molar-refractivity contribution is 6.31. The molecule has 1 N–H and O–H groups in total. The van der Waals surface area contributed by atoms with Gasteiger partial charge in [0.1, 0.15) is 11.6 Å². The normalized spacial score (nSPS) is 10.9. The van der Waals surface area contributed by atoms with E-state index in [-0.39, 0.29) is 10.8 Å². The summed E-state index contributed by atoms with van der Waals surface area (Å²) in [5.41, 5.74) is 1.04. The lowest BCUT2D eigenvalue weighted by molar-refractivity contribution is 0.472. The average Bonchev–Trinajstić information content (AvgIpc) is 2.32. The molecule has 0 fully saturated rings. The number of aromatic nitrogens is 1. The van der Waals surface area contributed by atoms with E-state index in [0.717, 1.165) is 0 Å². The first-order valence-corrected chi connectivity index (χ1v) is 5.17. The Morgan fingerprint density at radius 3 is 2.88 bits per heavy atom. The molecular weight excluding hydrogens is 243 g/mol. The van der Waals surface area contributed by atoms with Crippen LogP contribution in [0.1, 0.15) is 5.56 Å². The smallest absolute Gasteiger partial charge is 0.142 e. The highest BCUT2D eigenvalue weighted by Gasteiger charge is 2.00. The quantitative estimate of drug-likeness (QED) is 0.831. The maximum atomic E-state index is 12.9. The fourth-order valence-electron chi connectivity index (χ4n) is 1.22. The summed E-state index contributed by atoms with van der Waals surface area (Å²) in [7, 11) is 0. The van der Waals surface area contributed by atoms with E-state index in [4.69, 9.17) is 11.6 Å². The summed E-state index contributed by atoms with van der Waals surface area (Å²) in [6.07, 6.45) is 4.32. The molecule has 5 heteroatoms. The maximum absolute atomic E-state index is 12.9. The minimum Gasteiger partial charge on any atom is -0.506 e. The first-order valence-electron chi connectivity index (χ1n) is 4.79. The van der Waals surface area contributed by atoms with Crippen LogP contribution >= 0.6 is 11.6 Å². The van der Waals surface area contributed by atoms with Gasteiger partial charge < -0.3 is 5.11 Å². The van der Waals surface area contributed by atoms with E-state index in [1.54, 1.807) is 12.3 Å². The number of hydrogen-bond donors (Lipinski definition) is 1. The predicted molar refractivity (Wildman–Crippen MR) is 64.6 cm³/mol. The Kier molecular flexibility index (Phi) is 3.35. The largest absolute Gasteiger partial charge is 0.506 e. The predicted octanol–water partition coefficient (Wildman–Crippen LogP) is 3.33. The topological polar surface area (TPSA) is 45.5 Å². The second-order valence-electron chi connectivity index (χ2n) is 3.29. The van der Waals surface area contributed by atoms with Crippen LogP contribution in [-0.4, -0.2) is 16.3 Å². The zero-order chi connectivity index (χ0) is 12.3. The Hall–Kier alpha value is -1.94. The summed E-state index contributed by atoms with van der Waals surface area (Å²) >= 11 is 5.62. The van der Waals surface area contributed by atoms with Gasteiger partial charge in [-0.2, -0.15) is 0 Å². The third-order valence-electron chi connectivity index (χ3n) is 2.09. The molecule has 2 rings (SSSR count). The van der Waals surface area contributed by atoms with Crippen molar-refractivity contribution < 1.29 is 9.50 Å². The zero-order valence-corrected chi connectivity index (χ0v) is 9.39. The molecule has 0 radical (unpaired) electrons. The van der Waals surface area contributed by atoms with Crippen LogP contribution in [-0.2, 0) is 0 Å². The molecule has 2 aromatic rings. The lowest BCUT2D eigenvalue weighted by atomic mass is 10.2. The van der Waals surface area contributed by atoms with E-state index in [1.807, 2.05) is 0 Å². The van der Waals surface area contributed by atoms with E-state index < -0.39 is 5.82 Å². The molecule has 0 spiro atoms. The SMILES string of the molecule is Oc1cnccc1/C=N/c1ccc(F)c(Cl)c1. The molecule has 0 bridgehead atoms. The third kappa shape index (κ3) is 2.79. The van der Waals surface area contributed by atoms with Crippen LogP contribution < -0.4 is 0 Å². The van der Waals surface area contributed by atoms with Crippen LogP contribution in [0.4, 0.5) is 10.1 Å². The minimum absolute atomic E-state index is 0.0126. The van der Waals surface area contributed by atoms with Crippen molar-refractivity contribution in [1.82, 2.24) is 4.98 Å². The van der Waals surface area contributed by atoms with Crippen molar-refractivity contribution >= 4 is 23.5 Å². The van der Waals surface area contributed by atoms with Gasteiger partial charge in [0.15, 0.2) is 0 Å². The Bertz CT molecular complexity index is 572. The molecular formula is C12H8ClFN2O. The number of hydrogen-bond acceptors (Lipinski definition) is 3. The molecule has 0 unspecified atom stereocenters. The number of benzene rings is 1. The summed E-state index contributed by atoms with van der Waals surface area (Å²) in [5, 5.41) is 9.46. The van der Waals surface area contributed by atoms with Crippen molar-refractivity contribution in [3.8, 4) is 5.75 Å². The van der Waals surface area contributed by atoms with Crippen LogP contribution in [0.2, 0.25) is 5.02 Å². The van der Waals surface area contributed by atoms with Gasteiger partial charge in [-0.25, -0.2) is 4.39 Å². The number of nitrogens with zero attached hydrogens (tertiary/aromatic N) is 2. The first kappa shape index (κ1) is 11.5. The highest BCUT2D eigenvalue weighted by atomic mass is 35.5. The number of aliphatic imine (C=N–C) groups is 1. The first-order chi connectivity index (χ1) is 8.16. The Balaban J connectivity index is 2.26. The highest BCUT2D eigenvalue weighted by Crippen LogP contribution is 2.22. The summed E-state index contributed by atoms with van der Waals surface area (Å²) in [6.45, 7) is 0. The Morgan fingerprint density at radius 1 is 1.35 bits per heavy atom. The number of halogens is 2. The average molecular weight is 251 g/mol. The summed E-state index contributed by atoms with van der Waals surface area (Å²) in [6, 6.07) is 5.76. The Morgan fingerprint density at radius 2 is 2.18 bits per heavy atom. The van der Waals surface area contributed by atoms with Crippen LogP contribution in [0.15, 0.2) is 41.7 Å². The van der Waals surface area contributed by atoms with Crippen molar-refractivity contribution in [3.63, 3.8) is 0 Å². The van der Waals surface area contributed by atoms with Crippen LogP contribution in [0.5, 0.6) is 5.75 Å². The molecule has 0 aliphatic carbocycles. The van der Waals surface area contributed by atoms with E-state index in [2.05, 4.69) is 9.98 Å². The number of pyridine rings is 1. The molecule has 0 aliphatic heterocycles. The van der Waals surface area contributed by atoms with E-state index >= 15 is 0 Å². The molecule has 1 aromatic heterocycles. The second kappa shape index (κ2) is 4.93. The Labute approximate surface area is 102 Å². The summed E-state index contributed by atoms with van der Waals surface area (Å²) < 4.78 is 12.9. The molecule has 86 valence electrons. The summed E-state index contributed by atoms with van der Waals surface area (Å²) in [4.78, 5) is 7.82. The van der Waals surface area contributed by atoms with Crippen molar-refractivity contribution in [1.29, 1.82) is 0 Å². The van der Waals surface area contributed by atoms with Crippen molar-refractivity contribution in [2.75, 3.05) is 0 Å². The maximum Gasteiger partial charge on any atom is 0.142 e. The number of rotatable bonds is 2. The van der Waals surface area contributed by atoms with Crippen molar-refractivity contribution in [3.05, 3.63) is 53.1 Å². The van der Waals surface area contributed by atoms with Crippen molar-refractivity contribution in [2.45, 2.75) is 0 Å². The van der Waals surface area contributed by atoms with Crippen LogP contribution in [0.3, 0.4) is 0 Å². The van der Waals surface area contributed by atoms with E-state index in [0.29, 0.717) is 11.3 Å². The minimum atomic E-state index is -0.489. The molecule has 3 nitrogen and oxygen atoms in total. The van der Waals surface area contributed by atoms with E-state index in [9.17, 15) is 9.50 Å². The molecule has 1 heterocycles. The molecule has 0 aliphatic rings. The van der Waals surface area contributed by atoms with Gasteiger partial charge in [-0.05, 0) is 24.3 Å². The monoisotopic (exact) mass is 250 g/mol. The van der Waals surface area contributed by atoms with Crippen LogP contribution in [0.25, 0.3) is 0 Å². The molecule has 0 atom stereocenters. The van der Waals surface area contributed by atoms with Crippen molar-refractivity contribution in [2.24, 2.45) is 4.99 Å². The lowest BCUT2D eigenvalue weighted by Crippen LogP contribution is -1.83. The van der Waals surface area contributed by atoms with Gasteiger partial charge in [0.05, 0.1) is 16.9 Å². The molecule has 0 saturated heterocycles. The van der Waals surface area contributed by atoms with Gasteiger partial charge in [-0.15, -0.1) is 0 Å². The van der Waals surface area contributed by atoms with Gasteiger partial charge >= 0.3 is 0 Å². The fraction of sp³-hybridized carbons (Fsp3) is 0. The zero-order valence-electron chi connectivity index (χ0n) is 8.64. The molecule has 0 saturated carbocycles. The van der Waals surface area contributed by atoms with Gasteiger partial charge in [0.2, 0.25) is 0 Å². The molecule has 0 amide bonds. The molecule has 17 heavy (non-hydrogen) atoms. The van der Waals surface area contributed by atoms with Gasteiger partial charge in [0, 0.05) is 18.0 Å². The van der Waals surface area contributed by atoms with Gasteiger partial charge in [0.25, 0.3) is 0 Å². The third-order valence-corrected chi connectivity index (χ3v) is 2.38. The second-order valence-corrected chi connectivity index (χ2v) is 3.70. The molecule has 1 aromatic carbocycles. The summed E-state index contributed by atoms with van der Waals surface area (Å²) in [5.74, 6) is -0.457. The van der Waals surface area contributed by atoms with Crippen LogP contribution in [0, 0.1) is 5.82 Å². The van der Waals surface area contributed by atoms with Gasteiger partial charge in [-0.1, -0.05) is 11.6 Å². The standard InChI is InChI=1S/C12H8ClFN2O/c13-10-5-9(1-2-11(10)14)16-6-8-3-4-15-7-12(8)17/h1-7,17H/b16-6+. The fourth-order valence-corrected chi connectivity index (χ4v) is 1.39.